The van der Waals surface area contributed by atoms with Crippen molar-refractivity contribution in [3.63, 3.8) is 0 Å². The van der Waals surface area contributed by atoms with Crippen molar-refractivity contribution >= 4 is 11.7 Å². The third-order valence-corrected chi connectivity index (χ3v) is 6.36. The molecule has 2 aromatic rings. The molecule has 1 heterocycles. The molecule has 26 heavy (non-hydrogen) atoms. The van der Waals surface area contributed by atoms with Gasteiger partial charge in [-0.1, -0.05) is 60.7 Å². The number of carbonyl (C=O) groups is 2. The lowest BCUT2D eigenvalue weighted by molar-refractivity contribution is -0.143. The van der Waals surface area contributed by atoms with E-state index in [9.17, 15) is 9.59 Å². The van der Waals surface area contributed by atoms with Gasteiger partial charge in [-0.2, -0.15) is 0 Å². The first-order chi connectivity index (χ1) is 12.3. The van der Waals surface area contributed by atoms with Crippen LogP contribution in [0, 0.1) is 11.3 Å². The molecule has 3 heteroatoms. The van der Waals surface area contributed by atoms with E-state index in [0.29, 0.717) is 6.54 Å². The van der Waals surface area contributed by atoms with Crippen molar-refractivity contribution in [3.8, 4) is 0 Å². The molecule has 1 aliphatic heterocycles. The van der Waals surface area contributed by atoms with E-state index >= 15 is 0 Å². The molecule has 2 atom stereocenters. The largest absolute Gasteiger partial charge is 0.337 e. The highest BCUT2D eigenvalue weighted by atomic mass is 16.2. The minimum absolute atomic E-state index is 0.0183. The standard InChI is InChI=1S/C23H25NO2/c1-16(25)22-19(15-24(20(22)26)21(2,3)4)23(22,17-11-7-5-8-12-17)18-13-9-6-10-14-18/h5-14,19H,15H2,1-4H3. The lowest BCUT2D eigenvalue weighted by Crippen LogP contribution is -2.50. The first-order valence-electron chi connectivity index (χ1n) is 9.23. The monoisotopic (exact) mass is 347 g/mol. The molecule has 0 aromatic heterocycles. The fourth-order valence-electron chi connectivity index (χ4n) is 5.30. The SMILES string of the molecule is CC(=O)C12C(=O)N(C(C)(C)C)CC1C2(c1ccccc1)c1ccccc1. The molecule has 3 nitrogen and oxygen atoms in total. The van der Waals surface area contributed by atoms with E-state index in [-0.39, 0.29) is 23.1 Å². The Morgan fingerprint density at radius 2 is 1.42 bits per heavy atom. The summed E-state index contributed by atoms with van der Waals surface area (Å²) < 4.78 is 0. The van der Waals surface area contributed by atoms with Crippen LogP contribution >= 0.6 is 0 Å². The normalized spacial score (nSPS) is 26.5. The molecule has 1 aliphatic carbocycles. The number of ketones is 1. The maximum absolute atomic E-state index is 13.6. The van der Waals surface area contributed by atoms with Gasteiger partial charge in [-0.3, -0.25) is 9.59 Å². The summed E-state index contributed by atoms with van der Waals surface area (Å²) in [6, 6.07) is 20.2. The number of benzene rings is 2. The summed E-state index contributed by atoms with van der Waals surface area (Å²) in [5, 5.41) is 0. The number of piperidine rings is 1. The van der Waals surface area contributed by atoms with Crippen molar-refractivity contribution in [2.75, 3.05) is 6.54 Å². The number of likely N-dealkylation sites (tertiary alicyclic amines) is 1. The zero-order valence-electron chi connectivity index (χ0n) is 15.8. The number of Topliss-reactive ketones (excluding diaryl/α,β-unsaturated/α-hetero) is 1. The van der Waals surface area contributed by atoms with Gasteiger partial charge < -0.3 is 4.90 Å². The van der Waals surface area contributed by atoms with Gasteiger partial charge in [0.05, 0.1) is 0 Å². The Hall–Kier alpha value is -2.42. The number of fused-ring (bicyclic) bond motifs is 1. The van der Waals surface area contributed by atoms with Gasteiger partial charge >= 0.3 is 0 Å². The van der Waals surface area contributed by atoms with Crippen LogP contribution in [0.1, 0.15) is 38.8 Å². The van der Waals surface area contributed by atoms with Crippen LogP contribution in [0.15, 0.2) is 60.7 Å². The Labute approximate surface area is 155 Å². The van der Waals surface area contributed by atoms with Gasteiger partial charge in [-0.15, -0.1) is 0 Å². The van der Waals surface area contributed by atoms with E-state index in [4.69, 9.17) is 0 Å². The molecule has 1 amide bonds. The molecule has 0 N–H and O–H groups in total. The number of hydrogen-bond acceptors (Lipinski definition) is 2. The van der Waals surface area contributed by atoms with Gasteiger partial charge in [0.2, 0.25) is 5.91 Å². The summed E-state index contributed by atoms with van der Waals surface area (Å²) in [6.07, 6.45) is 0. The fraction of sp³-hybridized carbons (Fsp3) is 0.391. The average Bonchev–Trinajstić information content (AvgIpc) is 3.12. The summed E-state index contributed by atoms with van der Waals surface area (Å²) in [6.45, 7) is 8.32. The van der Waals surface area contributed by atoms with Gasteiger partial charge in [0.25, 0.3) is 0 Å². The maximum Gasteiger partial charge on any atom is 0.238 e. The smallest absolute Gasteiger partial charge is 0.238 e. The molecule has 134 valence electrons. The van der Waals surface area contributed by atoms with Crippen LogP contribution < -0.4 is 0 Å². The highest BCUT2D eigenvalue weighted by Crippen LogP contribution is 2.77. The Kier molecular flexibility index (Phi) is 3.46. The van der Waals surface area contributed by atoms with Gasteiger partial charge in [-0.05, 0) is 38.8 Å². The Bertz CT molecular complexity index is 827. The second kappa shape index (κ2) is 5.29. The summed E-state index contributed by atoms with van der Waals surface area (Å²) >= 11 is 0. The van der Waals surface area contributed by atoms with Gasteiger partial charge in [0, 0.05) is 23.4 Å². The highest BCUT2D eigenvalue weighted by Gasteiger charge is 2.87. The van der Waals surface area contributed by atoms with Crippen LogP contribution in [0.3, 0.4) is 0 Å². The number of nitrogens with zero attached hydrogens (tertiary/aromatic N) is 1. The summed E-state index contributed by atoms with van der Waals surface area (Å²) in [5.41, 5.74) is 0.302. The van der Waals surface area contributed by atoms with E-state index in [1.165, 1.54) is 0 Å². The molecule has 0 radical (unpaired) electrons. The molecule has 2 unspecified atom stereocenters. The molecule has 1 saturated carbocycles. The van der Waals surface area contributed by atoms with Crippen molar-refractivity contribution < 1.29 is 9.59 Å². The summed E-state index contributed by atoms with van der Waals surface area (Å²) in [5.74, 6) is -0.0637. The number of rotatable bonds is 3. The second-order valence-electron chi connectivity index (χ2n) is 8.54. The van der Waals surface area contributed by atoms with Gasteiger partial charge in [0.15, 0.2) is 0 Å². The molecule has 1 saturated heterocycles. The number of carbonyl (C=O) groups excluding carboxylic acids is 2. The molecular weight excluding hydrogens is 322 g/mol. The van der Waals surface area contributed by atoms with Crippen LogP contribution in [-0.4, -0.2) is 28.7 Å². The van der Waals surface area contributed by atoms with E-state index in [0.717, 1.165) is 11.1 Å². The van der Waals surface area contributed by atoms with Gasteiger partial charge in [-0.25, -0.2) is 0 Å². The summed E-state index contributed by atoms with van der Waals surface area (Å²) in [7, 11) is 0. The van der Waals surface area contributed by atoms with Crippen molar-refractivity contribution in [1.29, 1.82) is 0 Å². The molecule has 2 aliphatic rings. The van der Waals surface area contributed by atoms with E-state index in [2.05, 4.69) is 24.3 Å². The number of amides is 1. The van der Waals surface area contributed by atoms with E-state index in [1.807, 2.05) is 62.1 Å². The fourth-order valence-corrected chi connectivity index (χ4v) is 5.30. The third-order valence-electron chi connectivity index (χ3n) is 6.36. The van der Waals surface area contributed by atoms with E-state index in [1.54, 1.807) is 6.92 Å². The lowest BCUT2D eigenvalue weighted by atomic mass is 9.77. The molecule has 0 spiro atoms. The Balaban J connectivity index is 1.96. The molecule has 4 rings (SSSR count). The van der Waals surface area contributed by atoms with Crippen LogP contribution in [-0.2, 0) is 15.0 Å². The van der Waals surface area contributed by atoms with Crippen LogP contribution in [0.4, 0.5) is 0 Å². The molecule has 2 fully saturated rings. The average molecular weight is 347 g/mol. The Morgan fingerprint density at radius 1 is 0.962 bits per heavy atom. The lowest BCUT2D eigenvalue weighted by Gasteiger charge is -2.38. The molecule has 2 aromatic carbocycles. The number of hydrogen-bond donors (Lipinski definition) is 0. The predicted molar refractivity (Wildman–Crippen MR) is 102 cm³/mol. The quantitative estimate of drug-likeness (QED) is 0.792. The first-order valence-corrected chi connectivity index (χ1v) is 9.23. The van der Waals surface area contributed by atoms with Crippen LogP contribution in [0.2, 0.25) is 0 Å². The minimum atomic E-state index is -0.983. The third kappa shape index (κ3) is 1.83. The maximum atomic E-state index is 13.6. The Morgan fingerprint density at radius 3 is 1.77 bits per heavy atom. The molecular formula is C23H25NO2. The van der Waals surface area contributed by atoms with Crippen LogP contribution in [0.25, 0.3) is 0 Å². The zero-order valence-corrected chi connectivity index (χ0v) is 15.8. The van der Waals surface area contributed by atoms with Crippen molar-refractivity contribution in [2.45, 2.75) is 38.6 Å². The topological polar surface area (TPSA) is 37.4 Å². The van der Waals surface area contributed by atoms with Crippen molar-refractivity contribution in [3.05, 3.63) is 71.8 Å². The second-order valence-corrected chi connectivity index (χ2v) is 8.54. The molecule has 0 bridgehead atoms. The minimum Gasteiger partial charge on any atom is -0.337 e. The van der Waals surface area contributed by atoms with Crippen molar-refractivity contribution in [1.82, 2.24) is 4.90 Å². The van der Waals surface area contributed by atoms with Crippen LogP contribution in [0.5, 0.6) is 0 Å². The predicted octanol–water partition coefficient (Wildman–Crippen LogP) is 3.82. The van der Waals surface area contributed by atoms with E-state index < -0.39 is 10.8 Å². The zero-order chi connectivity index (χ0) is 18.7. The highest BCUT2D eigenvalue weighted by molar-refractivity contribution is 6.15. The first kappa shape index (κ1) is 17.0. The summed E-state index contributed by atoms with van der Waals surface area (Å²) in [4.78, 5) is 28.5. The van der Waals surface area contributed by atoms with Gasteiger partial charge in [0.1, 0.15) is 11.2 Å². The van der Waals surface area contributed by atoms with Crippen molar-refractivity contribution in [2.24, 2.45) is 11.3 Å².